The molecule has 7 nitrogen and oxygen atoms in total. The van der Waals surface area contributed by atoms with Crippen molar-refractivity contribution in [2.45, 2.75) is 25.8 Å². The van der Waals surface area contributed by atoms with E-state index in [0.29, 0.717) is 12.6 Å². The van der Waals surface area contributed by atoms with Gasteiger partial charge in [-0.2, -0.15) is 0 Å². The first-order valence-electron chi connectivity index (χ1n) is 6.34. The highest BCUT2D eigenvalue weighted by molar-refractivity contribution is 5.94. The molecule has 0 bridgehead atoms. The van der Waals surface area contributed by atoms with Gasteiger partial charge in [-0.3, -0.25) is 9.69 Å². The molecule has 0 aliphatic carbocycles. The standard InChI is InChI=1S/C12H17N3O4/c1-2-15-5-3-4-8(15)7-13-11(16)9-6-10(12(17)18)19-14-9/h6,8H,2-5,7H2,1H3,(H,13,16)(H,17,18). The molecule has 1 aliphatic rings. The third-order valence-electron chi connectivity index (χ3n) is 3.36. The number of nitrogens with one attached hydrogen (secondary N) is 1. The van der Waals surface area contributed by atoms with Crippen molar-refractivity contribution in [3.63, 3.8) is 0 Å². The van der Waals surface area contributed by atoms with Gasteiger partial charge < -0.3 is 14.9 Å². The Morgan fingerprint density at radius 3 is 3.05 bits per heavy atom. The topological polar surface area (TPSA) is 95.7 Å². The molecule has 1 saturated heterocycles. The van der Waals surface area contributed by atoms with E-state index in [1.807, 2.05) is 0 Å². The van der Waals surface area contributed by atoms with Crippen molar-refractivity contribution in [1.82, 2.24) is 15.4 Å². The van der Waals surface area contributed by atoms with Gasteiger partial charge in [-0.25, -0.2) is 4.79 Å². The lowest BCUT2D eigenvalue weighted by molar-refractivity contribution is 0.0651. The highest BCUT2D eigenvalue weighted by Gasteiger charge is 2.24. The van der Waals surface area contributed by atoms with Gasteiger partial charge in [0.25, 0.3) is 5.91 Å². The Labute approximate surface area is 110 Å². The first kappa shape index (κ1) is 13.5. The number of hydrogen-bond acceptors (Lipinski definition) is 5. The van der Waals surface area contributed by atoms with E-state index in [0.717, 1.165) is 32.0 Å². The summed E-state index contributed by atoms with van der Waals surface area (Å²) in [7, 11) is 0. The highest BCUT2D eigenvalue weighted by Crippen LogP contribution is 2.15. The molecular weight excluding hydrogens is 250 g/mol. The fraction of sp³-hybridized carbons (Fsp3) is 0.583. The average Bonchev–Trinajstić information content (AvgIpc) is 3.04. The van der Waals surface area contributed by atoms with Crippen molar-refractivity contribution in [3.05, 3.63) is 17.5 Å². The molecule has 1 atom stereocenters. The molecule has 104 valence electrons. The van der Waals surface area contributed by atoms with E-state index in [-0.39, 0.29) is 11.5 Å². The number of aromatic nitrogens is 1. The number of amides is 1. The molecule has 0 saturated carbocycles. The van der Waals surface area contributed by atoms with Crippen LogP contribution in [0.15, 0.2) is 10.6 Å². The van der Waals surface area contributed by atoms with Crippen molar-refractivity contribution in [2.75, 3.05) is 19.6 Å². The number of carboxylic acids is 1. The smallest absolute Gasteiger partial charge is 0.374 e. The molecule has 1 aromatic heterocycles. The van der Waals surface area contributed by atoms with Crippen LogP contribution in [0.1, 0.15) is 40.8 Å². The Bertz CT molecular complexity index is 471. The summed E-state index contributed by atoms with van der Waals surface area (Å²) < 4.78 is 4.54. The number of carbonyl (C=O) groups is 2. The highest BCUT2D eigenvalue weighted by atomic mass is 16.5. The summed E-state index contributed by atoms with van der Waals surface area (Å²) in [5, 5.41) is 14.9. The summed E-state index contributed by atoms with van der Waals surface area (Å²) in [5.41, 5.74) is -0.00144. The molecule has 0 aromatic carbocycles. The quantitative estimate of drug-likeness (QED) is 0.810. The second-order valence-corrected chi connectivity index (χ2v) is 4.52. The van der Waals surface area contributed by atoms with Gasteiger partial charge in [-0.15, -0.1) is 0 Å². The van der Waals surface area contributed by atoms with Gasteiger partial charge in [0.05, 0.1) is 0 Å². The number of carboxylic acid groups (broad SMARTS) is 1. The molecule has 2 heterocycles. The lowest BCUT2D eigenvalue weighted by Crippen LogP contribution is -2.40. The van der Waals surface area contributed by atoms with Crippen molar-refractivity contribution >= 4 is 11.9 Å². The van der Waals surface area contributed by atoms with Crippen LogP contribution in [0.2, 0.25) is 0 Å². The van der Waals surface area contributed by atoms with E-state index in [9.17, 15) is 9.59 Å². The van der Waals surface area contributed by atoms with Crippen LogP contribution < -0.4 is 5.32 Å². The molecule has 1 aliphatic heterocycles. The van der Waals surface area contributed by atoms with Crippen LogP contribution in [0, 0.1) is 0 Å². The third kappa shape index (κ3) is 3.11. The molecule has 1 aromatic rings. The van der Waals surface area contributed by atoms with Gasteiger partial charge >= 0.3 is 5.97 Å². The van der Waals surface area contributed by atoms with Crippen LogP contribution in [0.4, 0.5) is 0 Å². The summed E-state index contributed by atoms with van der Waals surface area (Å²) >= 11 is 0. The maximum atomic E-state index is 11.8. The molecule has 1 amide bonds. The minimum Gasteiger partial charge on any atom is -0.475 e. The lowest BCUT2D eigenvalue weighted by atomic mass is 10.2. The van der Waals surface area contributed by atoms with E-state index < -0.39 is 11.9 Å². The summed E-state index contributed by atoms with van der Waals surface area (Å²) in [6.07, 6.45) is 2.20. The van der Waals surface area contributed by atoms with Gasteiger partial charge in [-0.05, 0) is 25.9 Å². The molecule has 1 unspecified atom stereocenters. The number of hydrogen-bond donors (Lipinski definition) is 2. The van der Waals surface area contributed by atoms with E-state index in [4.69, 9.17) is 5.11 Å². The fourth-order valence-electron chi connectivity index (χ4n) is 2.33. The van der Waals surface area contributed by atoms with Crippen molar-refractivity contribution < 1.29 is 19.2 Å². The zero-order chi connectivity index (χ0) is 13.8. The molecule has 2 N–H and O–H groups in total. The zero-order valence-electron chi connectivity index (χ0n) is 10.8. The molecule has 1 fully saturated rings. The normalized spacial score (nSPS) is 19.5. The maximum Gasteiger partial charge on any atom is 0.374 e. The Morgan fingerprint density at radius 1 is 1.63 bits per heavy atom. The summed E-state index contributed by atoms with van der Waals surface area (Å²) in [4.78, 5) is 24.7. The first-order chi connectivity index (χ1) is 9.11. The van der Waals surface area contributed by atoms with Crippen molar-refractivity contribution in [1.29, 1.82) is 0 Å². The van der Waals surface area contributed by atoms with E-state index in [1.54, 1.807) is 0 Å². The number of likely N-dealkylation sites (N-methyl/N-ethyl adjacent to an activating group) is 1. The Morgan fingerprint density at radius 2 is 2.42 bits per heavy atom. The summed E-state index contributed by atoms with van der Waals surface area (Å²) in [6.45, 7) is 4.66. The van der Waals surface area contributed by atoms with E-state index in [2.05, 4.69) is 26.8 Å². The largest absolute Gasteiger partial charge is 0.475 e. The number of rotatable bonds is 5. The Kier molecular flexibility index (Phi) is 4.16. The minimum absolute atomic E-state index is 0.00144. The van der Waals surface area contributed by atoms with Gasteiger partial charge in [-0.1, -0.05) is 12.1 Å². The summed E-state index contributed by atoms with van der Waals surface area (Å²) in [5.74, 6) is -1.97. The Hall–Kier alpha value is -1.89. The monoisotopic (exact) mass is 267 g/mol. The molecular formula is C12H17N3O4. The number of nitrogens with zero attached hydrogens (tertiary/aromatic N) is 2. The van der Waals surface area contributed by atoms with E-state index >= 15 is 0 Å². The second-order valence-electron chi connectivity index (χ2n) is 4.52. The molecule has 19 heavy (non-hydrogen) atoms. The maximum absolute atomic E-state index is 11.8. The number of likely N-dealkylation sites (tertiary alicyclic amines) is 1. The molecule has 2 rings (SSSR count). The van der Waals surface area contributed by atoms with Crippen LogP contribution in [0.3, 0.4) is 0 Å². The van der Waals surface area contributed by atoms with Gasteiger partial charge in [0.15, 0.2) is 5.69 Å². The van der Waals surface area contributed by atoms with E-state index in [1.165, 1.54) is 0 Å². The third-order valence-corrected chi connectivity index (χ3v) is 3.36. The second kappa shape index (κ2) is 5.83. The first-order valence-corrected chi connectivity index (χ1v) is 6.34. The predicted octanol–water partition coefficient (Wildman–Crippen LogP) is 0.587. The number of aromatic carboxylic acids is 1. The van der Waals surface area contributed by atoms with Gasteiger partial charge in [0.1, 0.15) is 0 Å². The zero-order valence-corrected chi connectivity index (χ0v) is 10.8. The SMILES string of the molecule is CCN1CCCC1CNC(=O)c1cc(C(=O)O)on1. The predicted molar refractivity (Wildman–Crippen MR) is 66.1 cm³/mol. The van der Waals surface area contributed by atoms with Gasteiger partial charge in [0, 0.05) is 18.7 Å². The lowest BCUT2D eigenvalue weighted by Gasteiger charge is -2.22. The minimum atomic E-state index is -1.24. The summed E-state index contributed by atoms with van der Waals surface area (Å²) in [6, 6.07) is 1.48. The van der Waals surface area contributed by atoms with Crippen LogP contribution in [-0.4, -0.2) is 52.7 Å². The van der Waals surface area contributed by atoms with Crippen LogP contribution >= 0.6 is 0 Å². The fourth-order valence-corrected chi connectivity index (χ4v) is 2.33. The molecule has 0 spiro atoms. The van der Waals surface area contributed by atoms with Crippen LogP contribution in [0.25, 0.3) is 0 Å². The van der Waals surface area contributed by atoms with Gasteiger partial charge in [0.2, 0.25) is 5.76 Å². The van der Waals surface area contributed by atoms with Crippen LogP contribution in [-0.2, 0) is 0 Å². The van der Waals surface area contributed by atoms with Crippen molar-refractivity contribution in [3.8, 4) is 0 Å². The molecule has 0 radical (unpaired) electrons. The number of carbonyl (C=O) groups excluding carboxylic acids is 1. The van der Waals surface area contributed by atoms with Crippen LogP contribution in [0.5, 0.6) is 0 Å². The van der Waals surface area contributed by atoms with Crippen molar-refractivity contribution in [2.24, 2.45) is 0 Å². The Balaban J connectivity index is 1.88. The molecule has 7 heteroatoms. The average molecular weight is 267 g/mol.